The number of carbonyl (C=O) groups is 1. The van der Waals surface area contributed by atoms with Crippen LogP contribution in [0.25, 0.3) is 0 Å². The summed E-state index contributed by atoms with van der Waals surface area (Å²) in [6.45, 7) is 2.21. The van der Waals surface area contributed by atoms with Crippen molar-refractivity contribution in [1.29, 1.82) is 0 Å². The summed E-state index contributed by atoms with van der Waals surface area (Å²) in [4.78, 5) is 12.5. The Labute approximate surface area is 138 Å². The smallest absolute Gasteiger partial charge is 0.269 e. The van der Waals surface area contributed by atoms with E-state index in [-0.39, 0.29) is 17.0 Å². The SMILES string of the molecule is CCn1ncc(Cl)c1CN1C(=O)c2cc(OC)ccc2S1(=O)=O. The molecule has 1 aromatic carbocycles. The molecule has 0 radical (unpaired) electrons. The minimum atomic E-state index is -3.91. The molecule has 2 heterocycles. The molecular weight excluding hydrogens is 342 g/mol. The second-order valence-electron chi connectivity index (χ2n) is 4.93. The van der Waals surface area contributed by atoms with E-state index in [1.54, 1.807) is 4.68 Å². The molecule has 1 amide bonds. The Morgan fingerprint density at radius 3 is 2.74 bits per heavy atom. The molecule has 9 heteroatoms. The van der Waals surface area contributed by atoms with Gasteiger partial charge >= 0.3 is 0 Å². The molecule has 2 aromatic rings. The number of ether oxygens (including phenoxy) is 1. The van der Waals surface area contributed by atoms with Crippen LogP contribution in [0.2, 0.25) is 5.02 Å². The second-order valence-corrected chi connectivity index (χ2v) is 7.17. The third-order valence-corrected chi connectivity index (χ3v) is 5.81. The van der Waals surface area contributed by atoms with Gasteiger partial charge in [-0.1, -0.05) is 11.6 Å². The van der Waals surface area contributed by atoms with Crippen LogP contribution in [0.1, 0.15) is 23.0 Å². The van der Waals surface area contributed by atoms with E-state index in [4.69, 9.17) is 16.3 Å². The summed E-state index contributed by atoms with van der Waals surface area (Å²) < 4.78 is 32.7. The molecule has 0 saturated carbocycles. The Kier molecular flexibility index (Phi) is 3.81. The third kappa shape index (κ3) is 2.38. The van der Waals surface area contributed by atoms with Gasteiger partial charge in [0.2, 0.25) is 0 Å². The van der Waals surface area contributed by atoms with Crippen molar-refractivity contribution in [2.75, 3.05) is 7.11 Å². The Morgan fingerprint density at radius 1 is 1.35 bits per heavy atom. The van der Waals surface area contributed by atoms with E-state index in [9.17, 15) is 13.2 Å². The lowest BCUT2D eigenvalue weighted by Gasteiger charge is -2.16. The number of sulfonamides is 1. The maximum Gasteiger partial charge on any atom is 0.269 e. The van der Waals surface area contributed by atoms with Gasteiger partial charge in [0, 0.05) is 6.54 Å². The molecule has 1 aliphatic rings. The van der Waals surface area contributed by atoms with Crippen LogP contribution in [0, 0.1) is 0 Å². The first-order chi connectivity index (χ1) is 10.9. The first-order valence-corrected chi connectivity index (χ1v) is 8.67. The van der Waals surface area contributed by atoms with Gasteiger partial charge in [0.25, 0.3) is 15.9 Å². The standard InChI is InChI=1S/C14H14ClN3O4S/c1-3-17-12(11(15)7-16-17)8-18-14(19)10-6-9(22-2)4-5-13(10)23(18,20)21/h4-7H,3,8H2,1-2H3. The quantitative estimate of drug-likeness (QED) is 0.836. The Balaban J connectivity index is 2.05. The average molecular weight is 356 g/mol. The van der Waals surface area contributed by atoms with Gasteiger partial charge in [-0.25, -0.2) is 12.7 Å². The second kappa shape index (κ2) is 5.54. The van der Waals surface area contributed by atoms with Crippen molar-refractivity contribution in [2.24, 2.45) is 0 Å². The molecule has 0 bridgehead atoms. The Hall–Kier alpha value is -2.06. The molecular formula is C14H14ClN3O4S. The molecule has 7 nitrogen and oxygen atoms in total. The van der Waals surface area contributed by atoms with Gasteiger partial charge in [0.1, 0.15) is 10.6 Å². The highest BCUT2D eigenvalue weighted by molar-refractivity contribution is 7.90. The van der Waals surface area contributed by atoms with Gasteiger partial charge in [-0.3, -0.25) is 9.48 Å². The van der Waals surface area contributed by atoms with Gasteiger partial charge in [-0.15, -0.1) is 0 Å². The van der Waals surface area contributed by atoms with Crippen molar-refractivity contribution >= 4 is 27.5 Å². The zero-order valence-corrected chi connectivity index (χ0v) is 14.1. The minimum absolute atomic E-state index is 0.0259. The first-order valence-electron chi connectivity index (χ1n) is 6.85. The molecule has 0 atom stereocenters. The number of fused-ring (bicyclic) bond motifs is 1. The molecule has 0 aliphatic carbocycles. The van der Waals surface area contributed by atoms with E-state index in [0.29, 0.717) is 23.0 Å². The van der Waals surface area contributed by atoms with Crippen molar-refractivity contribution in [3.63, 3.8) is 0 Å². The fourth-order valence-electron chi connectivity index (χ4n) is 2.50. The van der Waals surface area contributed by atoms with Crippen LogP contribution in [-0.2, 0) is 23.1 Å². The van der Waals surface area contributed by atoms with Gasteiger partial charge in [0.15, 0.2) is 0 Å². The number of halogens is 1. The predicted molar refractivity (Wildman–Crippen MR) is 83.0 cm³/mol. The minimum Gasteiger partial charge on any atom is -0.497 e. The van der Waals surface area contributed by atoms with Crippen LogP contribution in [0.5, 0.6) is 5.75 Å². The zero-order valence-electron chi connectivity index (χ0n) is 12.5. The number of carbonyl (C=O) groups excluding carboxylic acids is 1. The zero-order chi connectivity index (χ0) is 16.8. The molecule has 0 saturated heterocycles. The highest BCUT2D eigenvalue weighted by Crippen LogP contribution is 2.34. The number of aryl methyl sites for hydroxylation is 1. The molecule has 0 unspecified atom stereocenters. The lowest BCUT2D eigenvalue weighted by molar-refractivity contribution is 0.0862. The Bertz CT molecular complexity index is 891. The van der Waals surface area contributed by atoms with E-state index in [1.807, 2.05) is 6.92 Å². The maximum absolute atomic E-state index is 12.6. The summed E-state index contributed by atoms with van der Waals surface area (Å²) in [5.74, 6) is -0.176. The highest BCUT2D eigenvalue weighted by Gasteiger charge is 2.42. The maximum atomic E-state index is 12.6. The number of rotatable bonds is 4. The van der Waals surface area contributed by atoms with E-state index in [1.165, 1.54) is 31.5 Å². The van der Waals surface area contributed by atoms with Crippen LogP contribution < -0.4 is 4.74 Å². The first kappa shape index (κ1) is 15.8. The number of hydrogen-bond acceptors (Lipinski definition) is 5. The van der Waals surface area contributed by atoms with Gasteiger partial charge in [-0.2, -0.15) is 5.10 Å². The number of benzene rings is 1. The van der Waals surface area contributed by atoms with Crippen LogP contribution >= 0.6 is 11.6 Å². The average Bonchev–Trinajstić information content (AvgIpc) is 2.98. The Morgan fingerprint density at radius 2 is 2.09 bits per heavy atom. The molecule has 0 spiro atoms. The third-order valence-electron chi connectivity index (χ3n) is 3.70. The molecule has 1 aliphatic heterocycles. The van der Waals surface area contributed by atoms with Crippen LogP contribution in [0.3, 0.4) is 0 Å². The summed E-state index contributed by atoms with van der Waals surface area (Å²) in [7, 11) is -2.46. The number of nitrogens with zero attached hydrogens (tertiary/aromatic N) is 3. The van der Waals surface area contributed by atoms with E-state index >= 15 is 0 Å². The van der Waals surface area contributed by atoms with Crippen LogP contribution in [-0.4, -0.2) is 35.5 Å². The molecule has 122 valence electrons. The molecule has 1 aromatic heterocycles. The van der Waals surface area contributed by atoms with Crippen molar-refractivity contribution in [1.82, 2.24) is 14.1 Å². The largest absolute Gasteiger partial charge is 0.497 e. The van der Waals surface area contributed by atoms with E-state index < -0.39 is 15.9 Å². The predicted octanol–water partition coefficient (Wildman–Crippen LogP) is 1.91. The van der Waals surface area contributed by atoms with Crippen molar-refractivity contribution in [3.05, 3.63) is 40.7 Å². The number of amides is 1. The van der Waals surface area contributed by atoms with E-state index in [2.05, 4.69) is 5.10 Å². The van der Waals surface area contributed by atoms with Gasteiger partial charge in [-0.05, 0) is 25.1 Å². The highest BCUT2D eigenvalue weighted by atomic mass is 35.5. The summed E-state index contributed by atoms with van der Waals surface area (Å²) in [6.07, 6.45) is 1.43. The fourth-order valence-corrected chi connectivity index (χ4v) is 4.21. The lowest BCUT2D eigenvalue weighted by atomic mass is 10.2. The van der Waals surface area contributed by atoms with Crippen molar-refractivity contribution in [3.8, 4) is 5.75 Å². The van der Waals surface area contributed by atoms with Crippen molar-refractivity contribution in [2.45, 2.75) is 24.9 Å². The number of methoxy groups -OCH3 is 1. The summed E-state index contributed by atoms with van der Waals surface area (Å²) in [6, 6.07) is 4.31. The van der Waals surface area contributed by atoms with Crippen molar-refractivity contribution < 1.29 is 17.9 Å². The van der Waals surface area contributed by atoms with Gasteiger partial charge < -0.3 is 4.74 Å². The monoisotopic (exact) mass is 355 g/mol. The molecule has 0 N–H and O–H groups in total. The van der Waals surface area contributed by atoms with Crippen LogP contribution in [0.15, 0.2) is 29.3 Å². The summed E-state index contributed by atoms with van der Waals surface area (Å²) >= 11 is 6.07. The van der Waals surface area contributed by atoms with Gasteiger partial charge in [0.05, 0.1) is 36.1 Å². The normalized spacial score (nSPS) is 15.8. The number of hydrogen-bond donors (Lipinski definition) is 0. The lowest BCUT2D eigenvalue weighted by Crippen LogP contribution is -2.30. The van der Waals surface area contributed by atoms with Crippen LogP contribution in [0.4, 0.5) is 0 Å². The molecule has 3 rings (SSSR count). The summed E-state index contributed by atoms with van der Waals surface area (Å²) in [5, 5.41) is 4.38. The number of aromatic nitrogens is 2. The topological polar surface area (TPSA) is 81.5 Å². The van der Waals surface area contributed by atoms with E-state index in [0.717, 1.165) is 4.31 Å². The fraction of sp³-hybridized carbons (Fsp3) is 0.286. The molecule has 23 heavy (non-hydrogen) atoms. The molecule has 0 fully saturated rings. The summed E-state index contributed by atoms with van der Waals surface area (Å²) in [5.41, 5.74) is 0.578.